The summed E-state index contributed by atoms with van der Waals surface area (Å²) in [5.41, 5.74) is -2.87. The summed E-state index contributed by atoms with van der Waals surface area (Å²) in [6.07, 6.45) is -10.2. The number of benzene rings is 3. The molecule has 1 N–H and O–H groups in total. The fourth-order valence-corrected chi connectivity index (χ4v) is 3.87. The standard InChI is InChI=1S/C27H20Cl2F6N4O2/c1-14(2)13-41-25-37-23(15-3-8-21(28)22(29)11-15)39(38-25)20-6-4-19(5-7-20)36-24(40)16-9-17(26(30,31)32)12-18(10-16)27(33,34)35/h3-12,14H,13H2,1-2H3,(H,36,40). The molecule has 0 aliphatic heterocycles. The van der Waals surface area contributed by atoms with Crippen LogP contribution >= 0.6 is 23.2 Å². The van der Waals surface area contributed by atoms with E-state index in [4.69, 9.17) is 27.9 Å². The molecule has 0 radical (unpaired) electrons. The number of hydrogen-bond acceptors (Lipinski definition) is 4. The van der Waals surface area contributed by atoms with Gasteiger partial charge in [0.05, 0.1) is 33.5 Å². The van der Waals surface area contributed by atoms with Gasteiger partial charge in [0.15, 0.2) is 5.82 Å². The van der Waals surface area contributed by atoms with E-state index in [1.54, 1.807) is 18.2 Å². The van der Waals surface area contributed by atoms with Crippen LogP contribution in [0.15, 0.2) is 60.7 Å². The summed E-state index contributed by atoms with van der Waals surface area (Å²) in [4.78, 5) is 17.1. The lowest BCUT2D eigenvalue weighted by Gasteiger charge is -2.14. The molecule has 4 rings (SSSR count). The largest absolute Gasteiger partial charge is 0.462 e. The minimum Gasteiger partial charge on any atom is -0.462 e. The summed E-state index contributed by atoms with van der Waals surface area (Å²) in [5.74, 6) is -0.610. The molecule has 1 heterocycles. The third-order valence-corrected chi connectivity index (χ3v) is 6.27. The summed E-state index contributed by atoms with van der Waals surface area (Å²) in [6, 6.07) is 11.5. The Morgan fingerprint density at radius 1 is 0.902 bits per heavy atom. The lowest BCUT2D eigenvalue weighted by molar-refractivity contribution is -0.143. The summed E-state index contributed by atoms with van der Waals surface area (Å²) in [5, 5.41) is 7.32. The second kappa shape index (κ2) is 11.6. The number of ether oxygens (including phenoxy) is 1. The number of rotatable bonds is 7. The second-order valence-corrected chi connectivity index (χ2v) is 10.1. The Morgan fingerprint density at radius 3 is 2.05 bits per heavy atom. The van der Waals surface area contributed by atoms with Gasteiger partial charge in [-0.25, -0.2) is 4.68 Å². The molecule has 0 unspecified atom stereocenters. The Hall–Kier alpha value is -3.77. The lowest BCUT2D eigenvalue weighted by Crippen LogP contribution is -2.17. The Bertz CT molecular complexity index is 1540. The Morgan fingerprint density at radius 2 is 1.51 bits per heavy atom. The van der Waals surface area contributed by atoms with Crippen molar-refractivity contribution >= 4 is 34.8 Å². The van der Waals surface area contributed by atoms with E-state index >= 15 is 0 Å². The molecule has 0 saturated heterocycles. The van der Waals surface area contributed by atoms with Crippen LogP contribution in [0.1, 0.15) is 35.3 Å². The number of alkyl halides is 6. The van der Waals surface area contributed by atoms with Crippen LogP contribution in [0.5, 0.6) is 6.01 Å². The molecule has 4 aromatic rings. The van der Waals surface area contributed by atoms with E-state index in [1.165, 1.54) is 28.9 Å². The summed E-state index contributed by atoms with van der Waals surface area (Å²) in [7, 11) is 0. The summed E-state index contributed by atoms with van der Waals surface area (Å²) in [6.45, 7) is 4.25. The van der Waals surface area contributed by atoms with E-state index in [9.17, 15) is 31.1 Å². The quantitative estimate of drug-likeness (QED) is 0.211. The first-order chi connectivity index (χ1) is 19.1. The number of nitrogens with one attached hydrogen (secondary N) is 1. The maximum atomic E-state index is 13.2. The normalized spacial score (nSPS) is 12.1. The van der Waals surface area contributed by atoms with Crippen LogP contribution in [0.4, 0.5) is 32.0 Å². The molecule has 1 amide bonds. The van der Waals surface area contributed by atoms with Crippen LogP contribution in [0.2, 0.25) is 10.0 Å². The smallest absolute Gasteiger partial charge is 0.416 e. The Kier molecular flexibility index (Phi) is 8.55. The van der Waals surface area contributed by atoms with Crippen molar-refractivity contribution in [1.82, 2.24) is 14.8 Å². The van der Waals surface area contributed by atoms with Crippen molar-refractivity contribution in [2.75, 3.05) is 11.9 Å². The summed E-state index contributed by atoms with van der Waals surface area (Å²) >= 11 is 12.2. The van der Waals surface area contributed by atoms with Gasteiger partial charge in [0.2, 0.25) is 0 Å². The van der Waals surface area contributed by atoms with E-state index < -0.39 is 35.0 Å². The topological polar surface area (TPSA) is 69.0 Å². The zero-order valence-corrected chi connectivity index (χ0v) is 22.8. The van der Waals surface area contributed by atoms with Crippen molar-refractivity contribution in [2.45, 2.75) is 26.2 Å². The van der Waals surface area contributed by atoms with Gasteiger partial charge in [-0.1, -0.05) is 37.0 Å². The number of hydrogen-bond donors (Lipinski definition) is 1. The number of carbonyl (C=O) groups is 1. The van der Waals surface area contributed by atoms with Gasteiger partial charge in [-0.15, -0.1) is 5.10 Å². The number of carbonyl (C=O) groups excluding carboxylic acids is 1. The highest BCUT2D eigenvalue weighted by Gasteiger charge is 2.37. The monoisotopic (exact) mass is 616 g/mol. The molecule has 0 atom stereocenters. The van der Waals surface area contributed by atoms with Crippen LogP contribution in [0.3, 0.4) is 0 Å². The molecule has 6 nitrogen and oxygen atoms in total. The highest BCUT2D eigenvalue weighted by atomic mass is 35.5. The predicted octanol–water partition coefficient (Wildman–Crippen LogP) is 8.57. The highest BCUT2D eigenvalue weighted by molar-refractivity contribution is 6.42. The van der Waals surface area contributed by atoms with Gasteiger partial charge >= 0.3 is 18.4 Å². The molecule has 0 saturated carbocycles. The third kappa shape index (κ3) is 7.31. The van der Waals surface area contributed by atoms with E-state index in [0.717, 1.165) is 0 Å². The SMILES string of the molecule is CC(C)COc1nc(-c2ccc(Cl)c(Cl)c2)n(-c2ccc(NC(=O)c3cc(C(F)(F)F)cc(C(F)(F)F)c3)cc2)n1. The van der Waals surface area contributed by atoms with Crippen LogP contribution < -0.4 is 10.1 Å². The molecular formula is C27H20Cl2F6N4O2. The molecule has 0 spiro atoms. The van der Waals surface area contributed by atoms with Gasteiger partial charge in [-0.2, -0.15) is 31.3 Å². The van der Waals surface area contributed by atoms with Gasteiger partial charge < -0.3 is 10.1 Å². The fraction of sp³-hybridized carbons (Fsp3) is 0.222. The third-order valence-electron chi connectivity index (χ3n) is 5.53. The van der Waals surface area contributed by atoms with Crippen molar-refractivity contribution in [3.63, 3.8) is 0 Å². The van der Waals surface area contributed by atoms with E-state index in [2.05, 4.69) is 15.4 Å². The van der Waals surface area contributed by atoms with E-state index in [1.807, 2.05) is 13.8 Å². The molecule has 0 fully saturated rings. The first-order valence-electron chi connectivity index (χ1n) is 11.9. The Labute approximate surface area is 239 Å². The number of anilines is 1. The van der Waals surface area contributed by atoms with Gasteiger partial charge in [0.25, 0.3) is 5.91 Å². The second-order valence-electron chi connectivity index (χ2n) is 9.26. The fourth-order valence-electron chi connectivity index (χ4n) is 3.57. The predicted molar refractivity (Wildman–Crippen MR) is 142 cm³/mol. The van der Waals surface area contributed by atoms with Crippen LogP contribution in [0.25, 0.3) is 17.1 Å². The van der Waals surface area contributed by atoms with Gasteiger partial charge in [0.1, 0.15) is 0 Å². The zero-order chi connectivity index (χ0) is 30.1. The van der Waals surface area contributed by atoms with Crippen molar-refractivity contribution in [3.8, 4) is 23.1 Å². The average Bonchev–Trinajstić information content (AvgIpc) is 3.32. The minimum atomic E-state index is -5.08. The molecule has 1 aromatic heterocycles. The maximum Gasteiger partial charge on any atom is 0.416 e. The molecule has 0 aliphatic carbocycles. The zero-order valence-electron chi connectivity index (χ0n) is 21.2. The average molecular weight is 617 g/mol. The van der Waals surface area contributed by atoms with Gasteiger partial charge in [-0.3, -0.25) is 4.79 Å². The molecule has 41 heavy (non-hydrogen) atoms. The van der Waals surface area contributed by atoms with Gasteiger partial charge in [0, 0.05) is 16.8 Å². The molecule has 0 bridgehead atoms. The number of amides is 1. The highest BCUT2D eigenvalue weighted by Crippen LogP contribution is 2.36. The molecular weight excluding hydrogens is 597 g/mol. The van der Waals surface area contributed by atoms with Crippen molar-refractivity contribution in [2.24, 2.45) is 5.92 Å². The molecule has 14 heteroatoms. The molecule has 0 aliphatic rings. The first-order valence-corrected chi connectivity index (χ1v) is 12.6. The van der Waals surface area contributed by atoms with Crippen molar-refractivity contribution in [1.29, 1.82) is 0 Å². The van der Waals surface area contributed by atoms with E-state index in [-0.39, 0.29) is 28.7 Å². The number of aromatic nitrogens is 3. The van der Waals surface area contributed by atoms with Crippen LogP contribution in [-0.4, -0.2) is 27.3 Å². The van der Waals surface area contributed by atoms with Gasteiger partial charge in [-0.05, 0) is 66.6 Å². The van der Waals surface area contributed by atoms with Crippen LogP contribution in [-0.2, 0) is 12.4 Å². The Balaban J connectivity index is 1.64. The lowest BCUT2D eigenvalue weighted by atomic mass is 10.0. The summed E-state index contributed by atoms with van der Waals surface area (Å²) < 4.78 is 86.2. The minimum absolute atomic E-state index is 0.0473. The van der Waals surface area contributed by atoms with E-state index in [0.29, 0.717) is 40.8 Å². The maximum absolute atomic E-state index is 13.2. The first kappa shape index (κ1) is 30.2. The van der Waals surface area contributed by atoms with Crippen molar-refractivity contribution < 1.29 is 35.9 Å². The number of halogens is 8. The van der Waals surface area contributed by atoms with Crippen LogP contribution in [0, 0.1) is 5.92 Å². The molecule has 216 valence electrons. The van der Waals surface area contributed by atoms with Crippen molar-refractivity contribution in [3.05, 3.63) is 87.4 Å². The molecule has 3 aromatic carbocycles. The number of nitrogens with zero attached hydrogens (tertiary/aromatic N) is 3.